The molecule has 2 aromatic heterocycles. The maximum atomic E-state index is 4.58. The molecule has 0 aliphatic carbocycles. The highest BCUT2D eigenvalue weighted by Crippen LogP contribution is 2.17. The molecule has 0 unspecified atom stereocenters. The summed E-state index contributed by atoms with van der Waals surface area (Å²) >= 11 is 0. The minimum atomic E-state index is 0.705. The Morgan fingerprint density at radius 3 is 2.68 bits per heavy atom. The van der Waals surface area contributed by atoms with E-state index in [1.807, 2.05) is 30.6 Å². The lowest BCUT2D eigenvalue weighted by Crippen LogP contribution is -2.37. The van der Waals surface area contributed by atoms with Crippen molar-refractivity contribution in [2.24, 2.45) is 4.99 Å². The summed E-state index contributed by atoms with van der Waals surface area (Å²) in [5.41, 5.74) is 2.22. The summed E-state index contributed by atoms with van der Waals surface area (Å²) in [5, 5.41) is 6.64. The van der Waals surface area contributed by atoms with Crippen molar-refractivity contribution in [2.45, 2.75) is 25.8 Å². The van der Waals surface area contributed by atoms with Crippen molar-refractivity contribution >= 4 is 11.8 Å². The van der Waals surface area contributed by atoms with Gasteiger partial charge in [0.1, 0.15) is 5.82 Å². The highest BCUT2D eigenvalue weighted by molar-refractivity contribution is 5.79. The van der Waals surface area contributed by atoms with E-state index in [0.29, 0.717) is 6.54 Å². The molecule has 0 atom stereocenters. The van der Waals surface area contributed by atoms with Crippen LogP contribution in [0.4, 0.5) is 5.82 Å². The van der Waals surface area contributed by atoms with E-state index in [0.717, 1.165) is 49.1 Å². The lowest BCUT2D eigenvalue weighted by Gasteiger charge is -2.16. The van der Waals surface area contributed by atoms with E-state index in [-0.39, 0.29) is 0 Å². The molecular weight excluding hydrogens is 312 g/mol. The summed E-state index contributed by atoms with van der Waals surface area (Å²) in [6.07, 6.45) is 7.17. The Kier molecular flexibility index (Phi) is 6.20. The Hall–Kier alpha value is -2.63. The smallest absolute Gasteiger partial charge is 0.191 e. The van der Waals surface area contributed by atoms with Crippen LogP contribution in [0.25, 0.3) is 0 Å². The molecule has 1 aliphatic rings. The number of aliphatic imine (C=N–C) groups is 1. The summed E-state index contributed by atoms with van der Waals surface area (Å²) in [6, 6.07) is 10.2. The fourth-order valence-electron chi connectivity index (χ4n) is 2.92. The SMILES string of the molecule is CN=C(NCCc1ccccn1)NCc1ccc(N2CCCC2)nc1. The third kappa shape index (κ3) is 5.17. The van der Waals surface area contributed by atoms with E-state index in [2.05, 4.69) is 42.6 Å². The Labute approximate surface area is 149 Å². The summed E-state index contributed by atoms with van der Waals surface area (Å²) in [4.78, 5) is 15.5. The third-order valence-electron chi connectivity index (χ3n) is 4.32. The largest absolute Gasteiger partial charge is 0.357 e. The Balaban J connectivity index is 1.43. The highest BCUT2D eigenvalue weighted by atomic mass is 15.2. The molecule has 2 N–H and O–H groups in total. The molecule has 25 heavy (non-hydrogen) atoms. The zero-order valence-electron chi connectivity index (χ0n) is 14.8. The first kappa shape index (κ1) is 17.2. The molecule has 0 radical (unpaired) electrons. The second kappa shape index (κ2) is 9.01. The summed E-state index contributed by atoms with van der Waals surface area (Å²) < 4.78 is 0. The second-order valence-electron chi connectivity index (χ2n) is 6.14. The molecule has 3 heterocycles. The molecule has 132 valence electrons. The number of nitrogens with one attached hydrogen (secondary N) is 2. The van der Waals surface area contributed by atoms with Gasteiger partial charge in [-0.3, -0.25) is 9.98 Å². The zero-order chi connectivity index (χ0) is 17.3. The first-order valence-electron chi connectivity index (χ1n) is 8.89. The summed E-state index contributed by atoms with van der Waals surface area (Å²) in [6.45, 7) is 3.74. The van der Waals surface area contributed by atoms with E-state index in [4.69, 9.17) is 0 Å². The van der Waals surface area contributed by atoms with Crippen LogP contribution in [0.2, 0.25) is 0 Å². The van der Waals surface area contributed by atoms with Gasteiger partial charge >= 0.3 is 0 Å². The number of hydrogen-bond acceptors (Lipinski definition) is 4. The van der Waals surface area contributed by atoms with Gasteiger partial charge in [-0.2, -0.15) is 0 Å². The first-order valence-corrected chi connectivity index (χ1v) is 8.89. The van der Waals surface area contributed by atoms with Crippen molar-refractivity contribution in [1.29, 1.82) is 0 Å². The van der Waals surface area contributed by atoms with Crippen LogP contribution in [-0.2, 0) is 13.0 Å². The van der Waals surface area contributed by atoms with E-state index in [9.17, 15) is 0 Å². The quantitative estimate of drug-likeness (QED) is 0.623. The molecule has 2 aromatic rings. The van der Waals surface area contributed by atoms with Crippen LogP contribution in [-0.4, -0.2) is 42.6 Å². The van der Waals surface area contributed by atoms with Crippen LogP contribution >= 0.6 is 0 Å². The third-order valence-corrected chi connectivity index (χ3v) is 4.32. The second-order valence-corrected chi connectivity index (χ2v) is 6.14. The molecule has 3 rings (SSSR count). The minimum Gasteiger partial charge on any atom is -0.357 e. The molecule has 0 saturated carbocycles. The molecule has 6 heteroatoms. The standard InChI is InChI=1S/C19H26N6/c1-20-19(22-11-9-17-6-2-3-10-21-17)24-15-16-7-8-18(23-14-16)25-12-4-5-13-25/h2-3,6-8,10,14H,4-5,9,11-13,15H2,1H3,(H2,20,22,24). The van der Waals surface area contributed by atoms with Crippen molar-refractivity contribution in [3.63, 3.8) is 0 Å². The van der Waals surface area contributed by atoms with Crippen molar-refractivity contribution in [3.8, 4) is 0 Å². The fourth-order valence-corrected chi connectivity index (χ4v) is 2.92. The normalized spacial score (nSPS) is 14.6. The Morgan fingerprint density at radius 1 is 1.12 bits per heavy atom. The topological polar surface area (TPSA) is 65.4 Å². The molecule has 0 amide bonds. The van der Waals surface area contributed by atoms with Gasteiger partial charge in [0.15, 0.2) is 5.96 Å². The number of nitrogens with zero attached hydrogens (tertiary/aromatic N) is 4. The van der Waals surface area contributed by atoms with Gasteiger partial charge in [-0.05, 0) is 36.6 Å². The maximum absolute atomic E-state index is 4.58. The highest BCUT2D eigenvalue weighted by Gasteiger charge is 2.12. The fraction of sp³-hybridized carbons (Fsp3) is 0.421. The molecule has 1 saturated heterocycles. The number of pyridine rings is 2. The molecular formula is C19H26N6. The van der Waals surface area contributed by atoms with Gasteiger partial charge in [0.2, 0.25) is 0 Å². The zero-order valence-corrected chi connectivity index (χ0v) is 14.8. The van der Waals surface area contributed by atoms with Crippen LogP contribution in [0, 0.1) is 0 Å². The van der Waals surface area contributed by atoms with Crippen LogP contribution < -0.4 is 15.5 Å². The van der Waals surface area contributed by atoms with E-state index < -0.39 is 0 Å². The Bertz CT molecular complexity index is 662. The van der Waals surface area contributed by atoms with Crippen LogP contribution in [0.3, 0.4) is 0 Å². The van der Waals surface area contributed by atoms with Gasteiger partial charge < -0.3 is 15.5 Å². The summed E-state index contributed by atoms with van der Waals surface area (Å²) in [7, 11) is 1.78. The number of aromatic nitrogens is 2. The molecule has 0 bridgehead atoms. The number of hydrogen-bond donors (Lipinski definition) is 2. The average molecular weight is 338 g/mol. The molecule has 1 fully saturated rings. The van der Waals surface area contributed by atoms with Crippen LogP contribution in [0.5, 0.6) is 0 Å². The van der Waals surface area contributed by atoms with Gasteiger partial charge in [-0.25, -0.2) is 4.98 Å². The predicted octanol–water partition coefficient (Wildman–Crippen LogP) is 1.98. The minimum absolute atomic E-state index is 0.705. The van der Waals surface area contributed by atoms with Crippen molar-refractivity contribution in [1.82, 2.24) is 20.6 Å². The van der Waals surface area contributed by atoms with E-state index >= 15 is 0 Å². The first-order chi connectivity index (χ1) is 12.3. The molecule has 0 spiro atoms. The monoisotopic (exact) mass is 338 g/mol. The maximum Gasteiger partial charge on any atom is 0.191 e. The molecule has 1 aliphatic heterocycles. The molecule has 0 aromatic carbocycles. The number of anilines is 1. The van der Waals surface area contributed by atoms with Crippen molar-refractivity contribution < 1.29 is 0 Å². The predicted molar refractivity (Wildman–Crippen MR) is 102 cm³/mol. The lowest BCUT2D eigenvalue weighted by atomic mass is 10.2. The van der Waals surface area contributed by atoms with Gasteiger partial charge in [0.25, 0.3) is 0 Å². The number of rotatable bonds is 6. The van der Waals surface area contributed by atoms with Gasteiger partial charge in [-0.15, -0.1) is 0 Å². The lowest BCUT2D eigenvalue weighted by molar-refractivity contribution is 0.782. The van der Waals surface area contributed by atoms with Gasteiger partial charge in [0.05, 0.1) is 0 Å². The van der Waals surface area contributed by atoms with E-state index in [1.165, 1.54) is 12.8 Å². The van der Waals surface area contributed by atoms with Crippen molar-refractivity contribution in [3.05, 3.63) is 54.0 Å². The van der Waals surface area contributed by atoms with Gasteiger partial charge in [-0.1, -0.05) is 12.1 Å². The van der Waals surface area contributed by atoms with Crippen LogP contribution in [0.1, 0.15) is 24.1 Å². The van der Waals surface area contributed by atoms with E-state index in [1.54, 1.807) is 7.05 Å². The van der Waals surface area contributed by atoms with Crippen molar-refractivity contribution in [2.75, 3.05) is 31.6 Å². The van der Waals surface area contributed by atoms with Gasteiger partial charge in [0, 0.05) is 57.7 Å². The molecule has 6 nitrogen and oxygen atoms in total. The number of guanidine groups is 1. The van der Waals surface area contributed by atoms with Crippen LogP contribution in [0.15, 0.2) is 47.7 Å². The Morgan fingerprint density at radius 2 is 2.00 bits per heavy atom. The average Bonchev–Trinajstić information content (AvgIpc) is 3.20. The summed E-state index contributed by atoms with van der Waals surface area (Å²) in [5.74, 6) is 1.87.